The van der Waals surface area contributed by atoms with E-state index in [1.54, 1.807) is 16.7 Å². The van der Waals surface area contributed by atoms with Crippen molar-refractivity contribution < 1.29 is 4.79 Å². The van der Waals surface area contributed by atoms with E-state index < -0.39 is 0 Å². The predicted octanol–water partition coefficient (Wildman–Crippen LogP) is 5.13. The maximum atomic E-state index is 13.2. The fourth-order valence-corrected chi connectivity index (χ4v) is 4.80. The van der Waals surface area contributed by atoms with Gasteiger partial charge in [0.05, 0.1) is 12.1 Å². The molecule has 2 heterocycles. The topological polar surface area (TPSA) is 73.1 Å². The molecule has 8 heteroatoms. The molecule has 2 aromatic carbocycles. The van der Waals surface area contributed by atoms with E-state index in [9.17, 15) is 14.4 Å². The number of hydrogen-bond donors (Lipinski definition) is 1. The summed E-state index contributed by atoms with van der Waals surface area (Å²) >= 11 is 7.64. The highest BCUT2D eigenvalue weighted by Crippen LogP contribution is 2.20. The summed E-state index contributed by atoms with van der Waals surface area (Å²) in [4.78, 5) is 38.2. The van der Waals surface area contributed by atoms with E-state index in [2.05, 4.69) is 5.32 Å². The van der Waals surface area contributed by atoms with Gasteiger partial charge in [0, 0.05) is 23.7 Å². The summed E-state index contributed by atoms with van der Waals surface area (Å²) in [5.74, 6) is -0.0412. The van der Waals surface area contributed by atoms with Crippen LogP contribution in [0.5, 0.6) is 0 Å². The van der Waals surface area contributed by atoms with Gasteiger partial charge in [-0.2, -0.15) is 0 Å². The van der Waals surface area contributed by atoms with Gasteiger partial charge >= 0.3 is 5.69 Å². The Labute approximate surface area is 200 Å². The predicted molar refractivity (Wildman–Crippen MR) is 134 cm³/mol. The number of halogens is 1. The number of rotatable bonds is 9. The monoisotopic (exact) mass is 481 g/mol. The number of thiophene rings is 1. The zero-order valence-electron chi connectivity index (χ0n) is 18.0. The average molecular weight is 482 g/mol. The van der Waals surface area contributed by atoms with Gasteiger partial charge in [0.2, 0.25) is 5.91 Å². The summed E-state index contributed by atoms with van der Waals surface area (Å²) in [7, 11) is 0. The third-order valence-electron chi connectivity index (χ3n) is 5.47. The molecule has 2 aromatic heterocycles. The number of hydrogen-bond acceptors (Lipinski definition) is 4. The first kappa shape index (κ1) is 23.0. The van der Waals surface area contributed by atoms with Crippen molar-refractivity contribution in [2.24, 2.45) is 0 Å². The summed E-state index contributed by atoms with van der Waals surface area (Å²) in [5.41, 5.74) is 1.62. The van der Waals surface area contributed by atoms with Crippen molar-refractivity contribution >= 4 is 44.7 Å². The van der Waals surface area contributed by atoms with Crippen LogP contribution >= 0.6 is 22.9 Å². The van der Waals surface area contributed by atoms with Crippen LogP contribution in [0.15, 0.2) is 75.6 Å². The van der Waals surface area contributed by atoms with E-state index in [1.165, 1.54) is 15.9 Å². The van der Waals surface area contributed by atoms with Crippen molar-refractivity contribution in [3.05, 3.63) is 97.5 Å². The number of carbonyl (C=O) groups is 1. The molecule has 0 aliphatic rings. The van der Waals surface area contributed by atoms with Gasteiger partial charge in [0.25, 0.3) is 5.56 Å². The quantitative estimate of drug-likeness (QED) is 0.337. The van der Waals surface area contributed by atoms with Crippen LogP contribution in [0.3, 0.4) is 0 Å². The molecule has 0 saturated carbocycles. The van der Waals surface area contributed by atoms with E-state index in [0.29, 0.717) is 47.6 Å². The molecule has 33 heavy (non-hydrogen) atoms. The molecule has 1 N–H and O–H groups in total. The molecular formula is C25H24ClN3O3S. The van der Waals surface area contributed by atoms with Gasteiger partial charge in [-0.05, 0) is 48.1 Å². The lowest BCUT2D eigenvalue weighted by Gasteiger charge is -2.13. The highest BCUT2D eigenvalue weighted by Gasteiger charge is 2.15. The molecule has 0 radical (unpaired) electrons. The molecular weight excluding hydrogens is 458 g/mol. The first-order chi connectivity index (χ1) is 16.0. The molecule has 0 fully saturated rings. The van der Waals surface area contributed by atoms with Crippen molar-refractivity contribution in [2.45, 2.75) is 38.8 Å². The average Bonchev–Trinajstić information content (AvgIpc) is 3.30. The summed E-state index contributed by atoms with van der Waals surface area (Å²) in [6, 6.07) is 18.5. The number of para-hydroxylation sites is 1. The first-order valence-electron chi connectivity index (χ1n) is 10.8. The number of carbonyl (C=O) groups excluding carboxylic acids is 1. The van der Waals surface area contributed by atoms with Crippen LogP contribution in [0.25, 0.3) is 10.2 Å². The van der Waals surface area contributed by atoms with E-state index >= 15 is 0 Å². The molecule has 0 aliphatic heterocycles. The fraction of sp³-hybridized carbons (Fsp3) is 0.240. The van der Waals surface area contributed by atoms with E-state index in [-0.39, 0.29) is 17.2 Å². The third kappa shape index (κ3) is 5.43. The molecule has 0 bridgehead atoms. The second-order valence-electron chi connectivity index (χ2n) is 7.78. The second-order valence-corrected chi connectivity index (χ2v) is 9.10. The van der Waals surface area contributed by atoms with Gasteiger partial charge in [-0.1, -0.05) is 54.4 Å². The molecule has 0 spiro atoms. The minimum absolute atomic E-state index is 0.0412. The second kappa shape index (κ2) is 10.6. The normalized spacial score (nSPS) is 11.1. The molecule has 0 aliphatic carbocycles. The summed E-state index contributed by atoms with van der Waals surface area (Å²) < 4.78 is 3.48. The van der Waals surface area contributed by atoms with E-state index in [1.807, 2.05) is 53.9 Å². The van der Waals surface area contributed by atoms with Crippen LogP contribution in [0.2, 0.25) is 5.02 Å². The van der Waals surface area contributed by atoms with Crippen molar-refractivity contribution in [3.8, 4) is 0 Å². The number of fused-ring (bicyclic) bond motifs is 1. The van der Waals surface area contributed by atoms with Gasteiger partial charge in [-0.25, -0.2) is 4.79 Å². The first-order valence-corrected chi connectivity index (χ1v) is 12.1. The number of aromatic nitrogens is 2. The maximum absolute atomic E-state index is 13.2. The molecule has 6 nitrogen and oxygen atoms in total. The van der Waals surface area contributed by atoms with Crippen molar-refractivity contribution in [2.75, 3.05) is 5.32 Å². The number of unbranched alkanes of at least 4 members (excludes halogenated alkanes) is 2. The summed E-state index contributed by atoms with van der Waals surface area (Å²) in [6.45, 7) is 0.611. The fourth-order valence-electron chi connectivity index (χ4n) is 3.76. The van der Waals surface area contributed by atoms with Crippen LogP contribution in [0.1, 0.15) is 31.2 Å². The van der Waals surface area contributed by atoms with E-state index in [0.717, 1.165) is 17.7 Å². The SMILES string of the molecule is O=C(CCCCCn1c(=O)c2sccc2n(Cc2ccccc2Cl)c1=O)Nc1ccccc1. The smallest absolute Gasteiger partial charge is 0.326 e. The highest BCUT2D eigenvalue weighted by atomic mass is 35.5. The minimum Gasteiger partial charge on any atom is -0.326 e. The van der Waals surface area contributed by atoms with Crippen molar-refractivity contribution in [1.82, 2.24) is 9.13 Å². The standard InChI is InChI=1S/C25H24ClN3O3S/c26-20-12-7-6-9-18(20)17-29-21-14-16-33-23(21)24(31)28(25(29)32)15-8-2-5-13-22(30)27-19-10-3-1-4-11-19/h1,3-4,6-7,9-12,14,16H,2,5,8,13,15,17H2,(H,27,30). The van der Waals surface area contributed by atoms with Crippen LogP contribution in [-0.4, -0.2) is 15.0 Å². The lowest BCUT2D eigenvalue weighted by Crippen LogP contribution is -2.39. The van der Waals surface area contributed by atoms with Gasteiger partial charge < -0.3 is 5.32 Å². The summed E-state index contributed by atoms with van der Waals surface area (Å²) in [6.07, 6.45) is 2.45. The van der Waals surface area contributed by atoms with E-state index in [4.69, 9.17) is 11.6 Å². The van der Waals surface area contributed by atoms with Crippen LogP contribution in [0.4, 0.5) is 5.69 Å². The Morgan fingerprint density at radius 3 is 2.45 bits per heavy atom. The molecule has 170 valence electrons. The third-order valence-corrected chi connectivity index (χ3v) is 6.73. The lowest BCUT2D eigenvalue weighted by atomic mass is 10.2. The molecule has 0 atom stereocenters. The zero-order chi connectivity index (χ0) is 23.2. The maximum Gasteiger partial charge on any atom is 0.331 e. The van der Waals surface area contributed by atoms with Gasteiger partial charge in [0.15, 0.2) is 0 Å². The Hall–Kier alpha value is -3.16. The Kier molecular flexibility index (Phi) is 7.42. The Morgan fingerprint density at radius 2 is 1.67 bits per heavy atom. The Bertz CT molecular complexity index is 1380. The Morgan fingerprint density at radius 1 is 0.909 bits per heavy atom. The summed E-state index contributed by atoms with van der Waals surface area (Å²) in [5, 5.41) is 5.27. The van der Waals surface area contributed by atoms with Gasteiger partial charge in [-0.3, -0.25) is 18.7 Å². The molecule has 0 unspecified atom stereocenters. The van der Waals surface area contributed by atoms with Crippen molar-refractivity contribution in [3.63, 3.8) is 0 Å². The Balaban J connectivity index is 1.42. The van der Waals surface area contributed by atoms with Gasteiger partial charge in [-0.15, -0.1) is 11.3 Å². The van der Waals surface area contributed by atoms with Crippen molar-refractivity contribution in [1.29, 1.82) is 0 Å². The van der Waals surface area contributed by atoms with Crippen LogP contribution in [0, 0.1) is 0 Å². The molecule has 1 amide bonds. The zero-order valence-corrected chi connectivity index (χ0v) is 19.6. The minimum atomic E-state index is -0.340. The molecule has 0 saturated heterocycles. The van der Waals surface area contributed by atoms with Crippen LogP contribution < -0.4 is 16.6 Å². The molecule has 4 rings (SSSR count). The number of nitrogens with one attached hydrogen (secondary N) is 1. The number of benzene rings is 2. The lowest BCUT2D eigenvalue weighted by molar-refractivity contribution is -0.116. The van der Waals surface area contributed by atoms with Gasteiger partial charge in [0.1, 0.15) is 4.70 Å². The number of amides is 1. The largest absolute Gasteiger partial charge is 0.331 e. The number of anilines is 1. The van der Waals surface area contributed by atoms with Crippen LogP contribution in [-0.2, 0) is 17.9 Å². The molecule has 4 aromatic rings. The number of nitrogens with zero attached hydrogens (tertiary/aromatic N) is 2. The highest BCUT2D eigenvalue weighted by molar-refractivity contribution is 7.17.